The molecule has 1 heterocycles. The molecule has 0 spiro atoms. The van der Waals surface area contributed by atoms with E-state index in [4.69, 9.17) is 10.4 Å². The van der Waals surface area contributed by atoms with Crippen LogP contribution in [0.15, 0.2) is 0 Å². The predicted molar refractivity (Wildman–Crippen MR) is 55.4 cm³/mol. The normalized spacial score (nSPS) is 20.3. The van der Waals surface area contributed by atoms with Crippen LogP contribution < -0.4 is 5.32 Å². The molecule has 0 aliphatic carbocycles. The van der Waals surface area contributed by atoms with Gasteiger partial charge < -0.3 is 10.4 Å². The Morgan fingerprint density at radius 3 is 2.88 bits per heavy atom. The Morgan fingerprint density at radius 1 is 1.56 bits per heavy atom. The van der Waals surface area contributed by atoms with Crippen LogP contribution in [0.1, 0.15) is 12.8 Å². The molecule has 16 heavy (non-hydrogen) atoms. The molecule has 1 aliphatic rings. The fourth-order valence-electron chi connectivity index (χ4n) is 1.69. The van der Waals surface area contributed by atoms with Crippen molar-refractivity contribution in [3.63, 3.8) is 0 Å². The molecule has 1 atom stereocenters. The molecule has 0 saturated carbocycles. The lowest BCUT2D eigenvalue weighted by molar-refractivity contribution is -0.141. The molecule has 0 radical (unpaired) electrons. The van der Waals surface area contributed by atoms with Gasteiger partial charge in [-0.1, -0.05) is 0 Å². The van der Waals surface area contributed by atoms with Crippen LogP contribution in [0.4, 0.5) is 0 Å². The molecule has 1 amide bonds. The van der Waals surface area contributed by atoms with Gasteiger partial charge in [0, 0.05) is 13.1 Å². The lowest BCUT2D eigenvalue weighted by Crippen LogP contribution is -2.36. The number of nitrogens with zero attached hydrogens (tertiary/aromatic N) is 2. The summed E-state index contributed by atoms with van der Waals surface area (Å²) in [5, 5.41) is 19.7. The average Bonchev–Trinajstić information content (AvgIpc) is 2.66. The van der Waals surface area contributed by atoms with Gasteiger partial charge >= 0.3 is 5.97 Å². The number of rotatable bonds is 5. The van der Waals surface area contributed by atoms with E-state index in [9.17, 15) is 9.59 Å². The fraction of sp³-hybridized carbons (Fsp3) is 0.700. The second kappa shape index (κ2) is 6.08. The highest BCUT2D eigenvalue weighted by Crippen LogP contribution is 2.15. The molecule has 88 valence electrons. The zero-order chi connectivity index (χ0) is 12.0. The van der Waals surface area contributed by atoms with E-state index in [1.807, 2.05) is 11.0 Å². The second-order valence-corrected chi connectivity index (χ2v) is 3.82. The molecule has 6 heteroatoms. The number of carbonyl (C=O) groups excluding carboxylic acids is 1. The van der Waals surface area contributed by atoms with E-state index in [1.54, 1.807) is 0 Å². The van der Waals surface area contributed by atoms with Crippen molar-refractivity contribution in [2.75, 3.05) is 26.2 Å². The first kappa shape index (κ1) is 12.5. The first-order valence-corrected chi connectivity index (χ1v) is 5.22. The maximum atomic E-state index is 11.3. The van der Waals surface area contributed by atoms with E-state index in [1.165, 1.54) is 0 Å². The third kappa shape index (κ3) is 3.87. The number of aliphatic carboxylic acids is 1. The molecular weight excluding hydrogens is 210 g/mol. The lowest BCUT2D eigenvalue weighted by atomic mass is 10.1. The minimum Gasteiger partial charge on any atom is -0.481 e. The molecule has 1 unspecified atom stereocenters. The van der Waals surface area contributed by atoms with Crippen LogP contribution in [0.25, 0.3) is 0 Å². The number of nitriles is 1. The Balaban J connectivity index is 2.21. The van der Waals surface area contributed by atoms with Crippen LogP contribution >= 0.6 is 0 Å². The van der Waals surface area contributed by atoms with Crippen molar-refractivity contribution in [2.24, 2.45) is 5.92 Å². The average molecular weight is 225 g/mol. The Labute approximate surface area is 93.8 Å². The Hall–Kier alpha value is -1.61. The van der Waals surface area contributed by atoms with Gasteiger partial charge in [0.2, 0.25) is 5.91 Å². The SMILES string of the molecule is N#CCCNC(=O)CN1CCC(C(=O)O)C1. The summed E-state index contributed by atoms with van der Waals surface area (Å²) in [5.74, 6) is -1.31. The van der Waals surface area contributed by atoms with Gasteiger partial charge in [0.05, 0.1) is 25.0 Å². The van der Waals surface area contributed by atoms with Gasteiger partial charge in [-0.25, -0.2) is 0 Å². The highest BCUT2D eigenvalue weighted by atomic mass is 16.4. The number of carbonyl (C=O) groups is 2. The molecule has 0 aromatic heterocycles. The quantitative estimate of drug-likeness (QED) is 0.611. The van der Waals surface area contributed by atoms with Crippen molar-refractivity contribution in [3.05, 3.63) is 0 Å². The molecule has 0 bridgehead atoms. The van der Waals surface area contributed by atoms with Gasteiger partial charge in [0.15, 0.2) is 0 Å². The van der Waals surface area contributed by atoms with Crippen molar-refractivity contribution in [1.29, 1.82) is 5.26 Å². The van der Waals surface area contributed by atoms with Crippen molar-refractivity contribution in [1.82, 2.24) is 10.2 Å². The number of amides is 1. The maximum Gasteiger partial charge on any atom is 0.307 e. The molecule has 0 aromatic carbocycles. The molecule has 1 rings (SSSR count). The lowest BCUT2D eigenvalue weighted by Gasteiger charge is -2.14. The summed E-state index contributed by atoms with van der Waals surface area (Å²) in [6.07, 6.45) is 0.893. The number of likely N-dealkylation sites (tertiary alicyclic amines) is 1. The summed E-state index contributed by atoms with van der Waals surface area (Å²) in [5.41, 5.74) is 0. The van der Waals surface area contributed by atoms with E-state index >= 15 is 0 Å². The van der Waals surface area contributed by atoms with Crippen LogP contribution in [-0.2, 0) is 9.59 Å². The predicted octanol–water partition coefficient (Wildman–Crippen LogP) is -0.577. The van der Waals surface area contributed by atoms with Gasteiger partial charge in [-0.15, -0.1) is 0 Å². The van der Waals surface area contributed by atoms with Gasteiger partial charge in [-0.2, -0.15) is 5.26 Å². The van der Waals surface area contributed by atoms with E-state index in [-0.39, 0.29) is 18.4 Å². The minimum absolute atomic E-state index is 0.152. The zero-order valence-electron chi connectivity index (χ0n) is 8.98. The van der Waals surface area contributed by atoms with Crippen molar-refractivity contribution in [3.8, 4) is 6.07 Å². The van der Waals surface area contributed by atoms with Gasteiger partial charge in [-0.05, 0) is 13.0 Å². The van der Waals surface area contributed by atoms with E-state index in [0.717, 1.165) is 0 Å². The van der Waals surface area contributed by atoms with Crippen LogP contribution in [0.5, 0.6) is 0 Å². The van der Waals surface area contributed by atoms with Gasteiger partial charge in [0.1, 0.15) is 0 Å². The van der Waals surface area contributed by atoms with Crippen molar-refractivity contribution in [2.45, 2.75) is 12.8 Å². The van der Waals surface area contributed by atoms with Crippen LogP contribution in [0.3, 0.4) is 0 Å². The number of carboxylic acid groups (broad SMARTS) is 1. The Bertz CT molecular complexity index is 311. The summed E-state index contributed by atoms with van der Waals surface area (Å²) in [4.78, 5) is 23.8. The minimum atomic E-state index is -0.799. The topological polar surface area (TPSA) is 93.4 Å². The van der Waals surface area contributed by atoms with Crippen molar-refractivity contribution >= 4 is 11.9 Å². The third-order valence-corrected chi connectivity index (χ3v) is 2.55. The Morgan fingerprint density at radius 2 is 2.31 bits per heavy atom. The summed E-state index contributed by atoms with van der Waals surface area (Å²) in [6, 6.07) is 1.93. The monoisotopic (exact) mass is 225 g/mol. The maximum absolute atomic E-state index is 11.3. The molecule has 1 aliphatic heterocycles. The van der Waals surface area contributed by atoms with E-state index in [2.05, 4.69) is 5.32 Å². The molecule has 6 nitrogen and oxygen atoms in total. The largest absolute Gasteiger partial charge is 0.481 e. The number of hydrogen-bond acceptors (Lipinski definition) is 4. The smallest absolute Gasteiger partial charge is 0.307 e. The number of nitrogens with one attached hydrogen (secondary N) is 1. The van der Waals surface area contributed by atoms with Crippen molar-refractivity contribution < 1.29 is 14.7 Å². The summed E-state index contributed by atoms with van der Waals surface area (Å²) in [7, 11) is 0. The first-order chi connectivity index (χ1) is 7.63. The van der Waals surface area contributed by atoms with E-state index in [0.29, 0.717) is 32.5 Å². The fourth-order valence-corrected chi connectivity index (χ4v) is 1.69. The molecular formula is C10H15N3O3. The Kier molecular flexibility index (Phi) is 4.73. The first-order valence-electron chi connectivity index (χ1n) is 5.22. The highest BCUT2D eigenvalue weighted by molar-refractivity contribution is 5.78. The summed E-state index contributed by atoms with van der Waals surface area (Å²) < 4.78 is 0. The molecule has 1 fully saturated rings. The zero-order valence-corrected chi connectivity index (χ0v) is 8.98. The molecule has 1 saturated heterocycles. The third-order valence-electron chi connectivity index (χ3n) is 2.55. The molecule has 0 aromatic rings. The van der Waals surface area contributed by atoms with Crippen LogP contribution in [-0.4, -0.2) is 48.1 Å². The van der Waals surface area contributed by atoms with Gasteiger partial charge in [0.25, 0.3) is 0 Å². The second-order valence-electron chi connectivity index (χ2n) is 3.82. The highest BCUT2D eigenvalue weighted by Gasteiger charge is 2.28. The van der Waals surface area contributed by atoms with E-state index < -0.39 is 5.97 Å². The number of carboxylic acids is 1. The van der Waals surface area contributed by atoms with Crippen LogP contribution in [0, 0.1) is 17.2 Å². The summed E-state index contributed by atoms with van der Waals surface area (Å²) >= 11 is 0. The van der Waals surface area contributed by atoms with Crippen LogP contribution in [0.2, 0.25) is 0 Å². The number of hydrogen-bond donors (Lipinski definition) is 2. The standard InChI is InChI=1S/C10H15N3O3/c11-3-1-4-12-9(14)7-13-5-2-8(6-13)10(15)16/h8H,1-2,4-7H2,(H,12,14)(H,15,16). The molecule has 2 N–H and O–H groups in total. The van der Waals surface area contributed by atoms with Gasteiger partial charge in [-0.3, -0.25) is 14.5 Å². The summed E-state index contributed by atoms with van der Waals surface area (Å²) in [6.45, 7) is 1.64.